The molecule has 1 saturated heterocycles. The molecule has 1 aromatic heterocycles. The van der Waals surface area contributed by atoms with Gasteiger partial charge in [-0.15, -0.1) is 0 Å². The lowest BCUT2D eigenvalue weighted by Gasteiger charge is -2.34. The molecule has 14 nitrogen and oxygen atoms in total. The van der Waals surface area contributed by atoms with Crippen molar-refractivity contribution < 1.29 is 55.0 Å². The van der Waals surface area contributed by atoms with Gasteiger partial charge < -0.3 is 29.7 Å². The van der Waals surface area contributed by atoms with Crippen LogP contribution in [0.25, 0.3) is 22.0 Å². The molecule has 2 saturated carbocycles. The lowest BCUT2D eigenvalue weighted by Crippen LogP contribution is -2.59. The van der Waals surface area contributed by atoms with Crippen LogP contribution in [-0.2, 0) is 34.6 Å². The van der Waals surface area contributed by atoms with Gasteiger partial charge in [-0.25, -0.2) is 18.2 Å². The van der Waals surface area contributed by atoms with Crippen molar-refractivity contribution in [3.8, 4) is 22.9 Å². The Morgan fingerprint density at radius 3 is 2.28 bits per heavy atom. The molecule has 0 radical (unpaired) electrons. The van der Waals surface area contributed by atoms with Gasteiger partial charge in [0.1, 0.15) is 29.5 Å². The Morgan fingerprint density at radius 1 is 0.970 bits per heavy atom. The number of allylic oxidation sites excluding steroid dienone is 1. The van der Waals surface area contributed by atoms with E-state index in [1.54, 1.807) is 39.2 Å². The summed E-state index contributed by atoms with van der Waals surface area (Å²) in [6.45, 7) is 12.7. The molecular formula is C49H62F3N5O9S. The number of nitrogens with zero attached hydrogens (tertiary/aromatic N) is 2. The van der Waals surface area contributed by atoms with Crippen molar-refractivity contribution in [3.05, 3.63) is 66.2 Å². The summed E-state index contributed by atoms with van der Waals surface area (Å²) >= 11 is 0. The molecule has 0 bridgehead atoms. The number of nitrogens with one attached hydrogen (secondary N) is 3. The summed E-state index contributed by atoms with van der Waals surface area (Å²) in [4.78, 5) is 63.4. The quantitative estimate of drug-likeness (QED) is 0.179. The third-order valence-electron chi connectivity index (χ3n) is 13.9. The van der Waals surface area contributed by atoms with Crippen LogP contribution in [0.1, 0.15) is 106 Å². The number of hydrogen-bond donors (Lipinski definition) is 3. The molecule has 2 aliphatic heterocycles. The highest BCUT2D eigenvalue weighted by atomic mass is 32.2. The summed E-state index contributed by atoms with van der Waals surface area (Å²) < 4.78 is 86.6. The first-order valence-electron chi connectivity index (χ1n) is 22.9. The normalized spacial score (nSPS) is 27.3. The maximum absolute atomic E-state index is 15.1. The molecule has 4 amide bonds. The molecule has 67 heavy (non-hydrogen) atoms. The summed E-state index contributed by atoms with van der Waals surface area (Å²) in [5.74, 6) is -2.98. The lowest BCUT2D eigenvalue weighted by atomic mass is 9.86. The van der Waals surface area contributed by atoms with Crippen LogP contribution < -0.4 is 24.8 Å². The number of carbonyl (C=O) groups is 4. The Kier molecular flexibility index (Phi) is 13.2. The van der Waals surface area contributed by atoms with Gasteiger partial charge in [-0.2, -0.15) is 13.2 Å². The van der Waals surface area contributed by atoms with Gasteiger partial charge in [0.25, 0.3) is 5.91 Å². The monoisotopic (exact) mass is 953 g/mol. The second-order valence-corrected chi connectivity index (χ2v) is 22.9. The first-order valence-corrected chi connectivity index (χ1v) is 24.3. The molecule has 364 valence electrons. The number of hydrogen-bond acceptors (Lipinski definition) is 10. The van der Waals surface area contributed by atoms with E-state index in [9.17, 15) is 36.0 Å². The Balaban J connectivity index is 1.27. The Morgan fingerprint density at radius 2 is 1.66 bits per heavy atom. The van der Waals surface area contributed by atoms with Gasteiger partial charge in [0.2, 0.25) is 33.3 Å². The zero-order chi connectivity index (χ0) is 49.1. The number of ether oxygens (including phenoxy) is 3. The van der Waals surface area contributed by atoms with E-state index in [-0.39, 0.29) is 36.6 Å². The Labute approximate surface area is 390 Å². The number of fused-ring (bicyclic) bond motifs is 3. The third-order valence-corrected chi connectivity index (χ3v) is 16.0. The van der Waals surface area contributed by atoms with Crippen molar-refractivity contribution in [2.45, 2.75) is 146 Å². The Hall–Kier alpha value is -5.39. The maximum atomic E-state index is 15.1. The van der Waals surface area contributed by atoms with Crippen molar-refractivity contribution in [2.24, 2.45) is 17.8 Å². The molecule has 7 atom stereocenters. The minimum absolute atomic E-state index is 0.0543. The van der Waals surface area contributed by atoms with Gasteiger partial charge in [0.05, 0.1) is 24.1 Å². The number of carbonyl (C=O) groups excluding carboxylic acids is 4. The van der Waals surface area contributed by atoms with E-state index in [4.69, 9.17) is 19.2 Å². The Bertz CT molecular complexity index is 2560. The first-order chi connectivity index (χ1) is 31.2. The van der Waals surface area contributed by atoms with Crippen LogP contribution in [0.2, 0.25) is 0 Å². The number of alkyl carbamates (subject to hydrolysis) is 1. The smallest absolute Gasteiger partial charge is 0.427 e. The number of halogens is 3. The topological polar surface area (TPSA) is 182 Å². The van der Waals surface area contributed by atoms with Crippen LogP contribution in [0, 0.1) is 17.8 Å². The van der Waals surface area contributed by atoms with Gasteiger partial charge in [0.15, 0.2) is 0 Å². The van der Waals surface area contributed by atoms with E-state index >= 15 is 4.79 Å². The molecule has 3 heterocycles. The molecule has 3 fully saturated rings. The molecule has 2 aromatic carbocycles. The van der Waals surface area contributed by atoms with Crippen molar-refractivity contribution >= 4 is 44.6 Å². The van der Waals surface area contributed by atoms with Gasteiger partial charge >= 0.3 is 12.3 Å². The lowest BCUT2D eigenvalue weighted by molar-refractivity contribution is -0.244. The largest absolute Gasteiger partial charge is 0.497 e. The van der Waals surface area contributed by atoms with Crippen molar-refractivity contribution in [1.82, 2.24) is 25.2 Å². The van der Waals surface area contributed by atoms with Crippen LogP contribution in [-0.4, -0.2) is 96.0 Å². The second kappa shape index (κ2) is 17.9. The summed E-state index contributed by atoms with van der Waals surface area (Å²) in [6, 6.07) is 12.4. The van der Waals surface area contributed by atoms with E-state index < -0.39 is 85.9 Å². The summed E-state index contributed by atoms with van der Waals surface area (Å²) in [6.07, 6.45) is -1.48. The zero-order valence-corrected chi connectivity index (χ0v) is 40.3. The van der Waals surface area contributed by atoms with E-state index in [2.05, 4.69) is 36.1 Å². The number of rotatable bonds is 9. The van der Waals surface area contributed by atoms with Crippen LogP contribution in [0.3, 0.4) is 0 Å². The molecule has 3 N–H and O–H groups in total. The minimum atomic E-state index is -4.93. The van der Waals surface area contributed by atoms with Crippen molar-refractivity contribution in [1.29, 1.82) is 0 Å². The molecule has 4 aliphatic rings. The van der Waals surface area contributed by atoms with Crippen LogP contribution >= 0.6 is 0 Å². The molecular weight excluding hydrogens is 892 g/mol. The van der Waals surface area contributed by atoms with E-state index in [0.717, 1.165) is 16.5 Å². The highest BCUT2D eigenvalue weighted by molar-refractivity contribution is 7.91. The predicted octanol–water partition coefficient (Wildman–Crippen LogP) is 7.88. The van der Waals surface area contributed by atoms with Crippen molar-refractivity contribution in [2.75, 3.05) is 13.7 Å². The number of pyridine rings is 1. The average Bonchev–Trinajstić information content (AvgIpc) is 4.13. The maximum Gasteiger partial charge on any atom is 0.427 e. The predicted molar refractivity (Wildman–Crippen MR) is 246 cm³/mol. The second-order valence-electron chi connectivity index (χ2n) is 20.7. The number of amides is 4. The third kappa shape index (κ3) is 10.4. The SMILES string of the molecule is COc1ccc2c(O[C@@H]3C[C@H]4C(=O)N[C@]5(C(=O)NS(=O)(=O)C6(C)CC6)C[C@H]5/C=C/CC[C@@H](C)C[C@@H](C)[C@H](NC(=O)OC(C)(C)C(F)(F)F)C(=O)N4C3)nc(-c3ccc(C(C)(C)C)cc3)cc2c1. The van der Waals surface area contributed by atoms with Crippen LogP contribution in [0.15, 0.2) is 60.7 Å². The standard InChI is InChI=1S/C49H62F3N5O9S/c1-28-12-10-11-13-33-26-48(33,43(60)56-67(62,63)47(8)20-21-47)55-40(58)38-25-35(27-57(38)42(59)39(29(2)22-28)54-44(61)66-46(6,7)49(50,51)52)65-41-36-19-18-34(64-9)23-31(36)24-37(53-41)30-14-16-32(17-15-30)45(3,4)5/h11,13-19,23-24,28-29,33,35,38-39H,10,12,20-22,25-27H2,1-9H3,(H,54,61)(H,55,58)(H,56,60)/b13-11+/t28-,29-,33-,35-,38+,39+,48-/m1/s1. The fourth-order valence-electron chi connectivity index (χ4n) is 8.91. The van der Waals surface area contributed by atoms with Crippen molar-refractivity contribution in [3.63, 3.8) is 0 Å². The number of sulfonamides is 1. The molecule has 2 aliphatic carbocycles. The fourth-order valence-corrected chi connectivity index (χ4v) is 10.2. The first kappa shape index (κ1) is 49.5. The van der Waals surface area contributed by atoms with Gasteiger partial charge in [-0.3, -0.25) is 19.1 Å². The average molecular weight is 954 g/mol. The van der Waals surface area contributed by atoms with E-state index in [1.165, 1.54) is 4.90 Å². The van der Waals surface area contributed by atoms with E-state index in [0.29, 0.717) is 62.8 Å². The summed E-state index contributed by atoms with van der Waals surface area (Å²) in [5, 5.41) is 6.58. The fraction of sp³-hybridized carbons (Fsp3) is 0.571. The zero-order valence-electron chi connectivity index (χ0n) is 39.5. The minimum Gasteiger partial charge on any atom is -0.497 e. The molecule has 0 spiro atoms. The van der Waals surface area contributed by atoms with Gasteiger partial charge in [-0.05, 0) is 112 Å². The highest BCUT2D eigenvalue weighted by Crippen LogP contribution is 2.48. The summed E-state index contributed by atoms with van der Waals surface area (Å²) in [7, 11) is -2.56. The van der Waals surface area contributed by atoms with Crippen LogP contribution in [0.5, 0.6) is 11.6 Å². The molecule has 18 heteroatoms. The van der Waals surface area contributed by atoms with Gasteiger partial charge in [-0.1, -0.05) is 71.0 Å². The number of alkyl halides is 3. The van der Waals surface area contributed by atoms with Gasteiger partial charge in [0, 0.05) is 23.3 Å². The van der Waals surface area contributed by atoms with Crippen LogP contribution in [0.4, 0.5) is 18.0 Å². The number of benzene rings is 2. The van der Waals surface area contributed by atoms with E-state index in [1.807, 2.05) is 49.4 Å². The molecule has 0 unspecified atom stereocenters. The number of aromatic nitrogens is 1. The summed E-state index contributed by atoms with van der Waals surface area (Å²) in [5.41, 5.74) is -2.19. The molecule has 7 rings (SSSR count). The highest BCUT2D eigenvalue weighted by Gasteiger charge is 2.63. The number of methoxy groups -OCH3 is 1. The molecule has 3 aromatic rings.